The fraction of sp³-hybridized carbons (Fsp3) is 0. The first-order chi connectivity index (χ1) is 8.61. The van der Waals surface area contributed by atoms with E-state index in [0.717, 1.165) is 0 Å². The first kappa shape index (κ1) is 24.0. The van der Waals surface area contributed by atoms with E-state index in [0.29, 0.717) is 0 Å². The van der Waals surface area contributed by atoms with Gasteiger partial charge in [0.15, 0.2) is 0 Å². The van der Waals surface area contributed by atoms with Crippen LogP contribution in [0, 0.1) is 0 Å². The molecular formula is C12H12MgN2O6. The quantitative estimate of drug-likeness (QED) is 0.531. The molecule has 0 amide bonds. The van der Waals surface area contributed by atoms with Gasteiger partial charge in [0.25, 0.3) is 0 Å². The molecule has 0 aliphatic carbocycles. The summed E-state index contributed by atoms with van der Waals surface area (Å²) in [6, 6.07) is 9.25. The van der Waals surface area contributed by atoms with Crippen LogP contribution in [0.15, 0.2) is 48.8 Å². The van der Waals surface area contributed by atoms with E-state index >= 15 is 0 Å². The second-order valence-corrected chi connectivity index (χ2v) is 3.00. The standard InChI is InChI=1S/2C6H5NO2.Mg.2H2O/c2*8-6(9)5-3-1-2-4-7-5;;;/h2*1-4H,(H,8,9);;2*1H2/q;;+2;;/p-2. The van der Waals surface area contributed by atoms with Crippen LogP contribution in [0.4, 0.5) is 0 Å². The number of aromatic nitrogens is 2. The summed E-state index contributed by atoms with van der Waals surface area (Å²) in [5.41, 5.74) is -0.0602. The van der Waals surface area contributed by atoms with E-state index in [4.69, 9.17) is 0 Å². The van der Waals surface area contributed by atoms with E-state index in [9.17, 15) is 19.8 Å². The molecule has 0 radical (unpaired) electrons. The third-order valence-corrected chi connectivity index (χ3v) is 1.75. The molecule has 21 heavy (non-hydrogen) atoms. The Morgan fingerprint density at radius 1 is 0.762 bits per heavy atom. The van der Waals surface area contributed by atoms with Crippen LogP contribution in [-0.2, 0) is 0 Å². The largest absolute Gasteiger partial charge is 2.00 e. The van der Waals surface area contributed by atoms with Crippen molar-refractivity contribution in [2.45, 2.75) is 0 Å². The topological polar surface area (TPSA) is 169 Å². The molecule has 8 nitrogen and oxygen atoms in total. The zero-order valence-electron chi connectivity index (χ0n) is 10.9. The van der Waals surface area contributed by atoms with Gasteiger partial charge in [-0.25, -0.2) is 0 Å². The molecule has 0 aliphatic heterocycles. The van der Waals surface area contributed by atoms with Crippen molar-refractivity contribution in [2.75, 3.05) is 0 Å². The van der Waals surface area contributed by atoms with E-state index < -0.39 is 11.9 Å². The van der Waals surface area contributed by atoms with E-state index in [2.05, 4.69) is 9.97 Å². The molecule has 0 unspecified atom stereocenters. The van der Waals surface area contributed by atoms with Crippen molar-refractivity contribution in [1.82, 2.24) is 9.97 Å². The van der Waals surface area contributed by atoms with Crippen LogP contribution in [0.25, 0.3) is 0 Å². The summed E-state index contributed by atoms with van der Waals surface area (Å²) in [6.07, 6.45) is 2.82. The molecule has 2 rings (SSSR count). The molecule has 0 aliphatic rings. The van der Waals surface area contributed by atoms with Gasteiger partial charge in [0.2, 0.25) is 0 Å². The first-order valence-corrected chi connectivity index (χ1v) is 4.86. The van der Waals surface area contributed by atoms with Crippen molar-refractivity contribution < 1.29 is 30.8 Å². The van der Waals surface area contributed by atoms with Gasteiger partial charge in [-0.05, 0) is 24.3 Å². The van der Waals surface area contributed by atoms with Crippen LogP contribution in [0.3, 0.4) is 0 Å². The summed E-state index contributed by atoms with van der Waals surface area (Å²) in [4.78, 5) is 27.1. The molecule has 9 heteroatoms. The van der Waals surface area contributed by atoms with Crippen molar-refractivity contribution in [3.63, 3.8) is 0 Å². The molecular weight excluding hydrogens is 292 g/mol. The fourth-order valence-corrected chi connectivity index (χ4v) is 0.967. The van der Waals surface area contributed by atoms with E-state index in [1.807, 2.05) is 0 Å². The van der Waals surface area contributed by atoms with E-state index in [1.165, 1.54) is 24.5 Å². The Morgan fingerprint density at radius 3 is 1.24 bits per heavy atom. The number of carbonyl (C=O) groups excluding carboxylic acids is 2. The van der Waals surface area contributed by atoms with Gasteiger partial charge in [-0.3, -0.25) is 9.97 Å². The van der Waals surface area contributed by atoms with Gasteiger partial charge in [0.05, 0.1) is 23.3 Å². The minimum atomic E-state index is -1.24. The number of pyridine rings is 2. The van der Waals surface area contributed by atoms with Crippen LogP contribution in [0.5, 0.6) is 0 Å². The van der Waals surface area contributed by atoms with Crippen molar-refractivity contribution in [2.24, 2.45) is 0 Å². The molecule has 2 aromatic heterocycles. The molecule has 0 fully saturated rings. The molecule has 2 aromatic rings. The summed E-state index contributed by atoms with van der Waals surface area (Å²) in [6.45, 7) is 0. The summed E-state index contributed by atoms with van der Waals surface area (Å²) >= 11 is 0. The minimum absolute atomic E-state index is 0. The van der Waals surface area contributed by atoms with Gasteiger partial charge in [0.1, 0.15) is 0 Å². The summed E-state index contributed by atoms with van der Waals surface area (Å²) in [5, 5.41) is 20.1. The number of aromatic carboxylic acids is 2. The van der Waals surface area contributed by atoms with Crippen LogP contribution in [0.1, 0.15) is 21.0 Å². The average molecular weight is 305 g/mol. The summed E-state index contributed by atoms with van der Waals surface area (Å²) < 4.78 is 0. The predicted octanol–water partition coefficient (Wildman–Crippen LogP) is -3.14. The Kier molecular flexibility index (Phi) is 14.8. The second kappa shape index (κ2) is 12.9. The van der Waals surface area contributed by atoms with Crippen LogP contribution in [0.2, 0.25) is 0 Å². The van der Waals surface area contributed by atoms with Gasteiger partial charge in [-0.15, -0.1) is 0 Å². The van der Waals surface area contributed by atoms with Crippen molar-refractivity contribution in [3.8, 4) is 0 Å². The Labute approximate surface area is 136 Å². The summed E-state index contributed by atoms with van der Waals surface area (Å²) in [7, 11) is 0. The molecule has 0 atom stereocenters. The van der Waals surface area contributed by atoms with Crippen LogP contribution in [-0.4, -0.2) is 55.9 Å². The number of hydrogen-bond acceptors (Lipinski definition) is 6. The second-order valence-electron chi connectivity index (χ2n) is 3.00. The molecule has 0 saturated heterocycles. The van der Waals surface area contributed by atoms with Gasteiger partial charge < -0.3 is 30.8 Å². The SMILES string of the molecule is O.O.O=C([O-])c1ccccn1.O=C([O-])c1ccccn1.[Mg+2]. The monoisotopic (exact) mass is 304 g/mol. The minimum Gasteiger partial charge on any atom is -0.543 e. The molecule has 0 saturated carbocycles. The van der Waals surface area contributed by atoms with E-state index in [-0.39, 0.29) is 45.4 Å². The molecule has 108 valence electrons. The Morgan fingerprint density at radius 2 is 1.10 bits per heavy atom. The number of hydrogen-bond donors (Lipinski definition) is 0. The Balaban J connectivity index is -0.000000270. The normalized spacial score (nSPS) is 7.62. The molecule has 0 aromatic carbocycles. The number of nitrogens with zero attached hydrogens (tertiary/aromatic N) is 2. The fourth-order valence-electron chi connectivity index (χ4n) is 0.967. The van der Waals surface area contributed by atoms with E-state index in [1.54, 1.807) is 24.3 Å². The summed E-state index contributed by atoms with van der Waals surface area (Å²) in [5.74, 6) is -2.48. The van der Waals surface area contributed by atoms with Gasteiger partial charge in [0, 0.05) is 12.4 Å². The van der Waals surface area contributed by atoms with Gasteiger partial charge in [-0.2, -0.15) is 0 Å². The number of carbonyl (C=O) groups is 2. The number of rotatable bonds is 2. The Bertz CT molecular complexity index is 474. The van der Waals surface area contributed by atoms with Crippen molar-refractivity contribution in [1.29, 1.82) is 0 Å². The third-order valence-electron chi connectivity index (χ3n) is 1.75. The first-order valence-electron chi connectivity index (χ1n) is 4.86. The maximum Gasteiger partial charge on any atom is 2.00 e. The number of carboxylic acids is 2. The maximum atomic E-state index is 10.0. The predicted molar refractivity (Wildman–Crippen MR) is 70.1 cm³/mol. The van der Waals surface area contributed by atoms with Gasteiger partial charge in [-0.1, -0.05) is 12.1 Å². The Hall–Kier alpha value is -2.07. The van der Waals surface area contributed by atoms with Crippen LogP contribution < -0.4 is 10.2 Å². The van der Waals surface area contributed by atoms with Crippen LogP contribution >= 0.6 is 0 Å². The zero-order chi connectivity index (χ0) is 13.4. The van der Waals surface area contributed by atoms with Crippen molar-refractivity contribution in [3.05, 3.63) is 60.2 Å². The molecule has 0 bridgehead atoms. The maximum absolute atomic E-state index is 10.0. The molecule has 0 spiro atoms. The number of carboxylic acid groups (broad SMARTS) is 2. The van der Waals surface area contributed by atoms with Crippen molar-refractivity contribution >= 4 is 35.0 Å². The third kappa shape index (κ3) is 9.46. The molecule has 2 heterocycles. The van der Waals surface area contributed by atoms with Gasteiger partial charge >= 0.3 is 23.1 Å². The smallest absolute Gasteiger partial charge is 0.543 e. The average Bonchev–Trinajstić information content (AvgIpc) is 2.41. The molecule has 4 N–H and O–H groups in total. The zero-order valence-corrected chi connectivity index (χ0v) is 12.3.